The number of rotatable bonds is 2. The number of ketones is 1. The van der Waals surface area contributed by atoms with Crippen molar-refractivity contribution in [1.82, 2.24) is 0 Å². The molecule has 0 aromatic rings. The third kappa shape index (κ3) is 3.04. The van der Waals surface area contributed by atoms with Crippen molar-refractivity contribution in [1.29, 1.82) is 0 Å². The van der Waals surface area contributed by atoms with Crippen LogP contribution in [0.5, 0.6) is 0 Å². The average molecular weight is 563 g/mol. The fourth-order valence-corrected chi connectivity index (χ4v) is 9.60. The van der Waals surface area contributed by atoms with Crippen LogP contribution < -0.4 is 0 Å². The fourth-order valence-electron chi connectivity index (χ4n) is 9.60. The molecule has 1 spiro atoms. The van der Waals surface area contributed by atoms with E-state index < -0.39 is 93.9 Å². The first-order valence-corrected chi connectivity index (χ1v) is 13.5. The zero-order valence-corrected chi connectivity index (χ0v) is 23.2. The van der Waals surface area contributed by atoms with Crippen LogP contribution >= 0.6 is 0 Å². The topological polar surface area (TPSA) is 175 Å². The van der Waals surface area contributed by atoms with E-state index in [1.807, 2.05) is 0 Å². The lowest BCUT2D eigenvalue weighted by Crippen LogP contribution is -2.77. The summed E-state index contributed by atoms with van der Waals surface area (Å²) in [5.41, 5.74) is -6.59. The van der Waals surface area contributed by atoms with Gasteiger partial charge < -0.3 is 33.9 Å². The number of aliphatic hydroxyl groups is 2. The third-order valence-electron chi connectivity index (χ3n) is 11.0. The Morgan fingerprint density at radius 1 is 1.00 bits per heavy atom. The van der Waals surface area contributed by atoms with Gasteiger partial charge in [-0.05, 0) is 27.2 Å². The molecule has 2 aliphatic carbocycles. The van der Waals surface area contributed by atoms with Crippen molar-refractivity contribution in [2.45, 2.75) is 103 Å². The van der Waals surface area contributed by atoms with Gasteiger partial charge in [-0.3, -0.25) is 14.4 Å². The average Bonchev–Trinajstić information content (AvgIpc) is 3.52. The van der Waals surface area contributed by atoms with E-state index in [2.05, 4.69) is 0 Å². The van der Waals surface area contributed by atoms with Crippen LogP contribution in [0.2, 0.25) is 0 Å². The molecule has 3 saturated heterocycles. The number of carbonyl (C=O) groups excluding carboxylic acids is 5. The SMILES string of the molecule is CC(=O)O[C@H]1CC(=O)OC(C)(C)[C@@H]2CC(=O)[C@]3(C)[C@H]([C@@H](O)C[C@@]4(C)[C@H](C5=CC(=O)OC5O)OC(=O)[C@H]5O[C@]543)[C@@]12C. The maximum Gasteiger partial charge on any atom is 0.339 e. The minimum absolute atomic E-state index is 0.00292. The summed E-state index contributed by atoms with van der Waals surface area (Å²) in [5, 5.41) is 22.5. The monoisotopic (exact) mass is 562 g/mol. The Bertz CT molecular complexity index is 1290. The first-order chi connectivity index (χ1) is 18.4. The highest BCUT2D eigenvalue weighted by Crippen LogP contribution is 2.77. The summed E-state index contributed by atoms with van der Waals surface area (Å²) in [6.07, 6.45) is -5.69. The number of cyclic esters (lactones) is 3. The maximum atomic E-state index is 14.4. The summed E-state index contributed by atoms with van der Waals surface area (Å²) in [5.74, 6) is -4.68. The second-order valence-corrected chi connectivity index (χ2v) is 13.3. The van der Waals surface area contributed by atoms with Crippen LogP contribution in [0.4, 0.5) is 0 Å². The Kier molecular flexibility index (Phi) is 5.41. The first-order valence-electron chi connectivity index (χ1n) is 13.5. The number of Topliss-reactive ketones (excluding diaryl/α,β-unsaturated/α-hetero) is 1. The molecule has 12 heteroatoms. The highest BCUT2D eigenvalue weighted by Gasteiger charge is 2.90. The van der Waals surface area contributed by atoms with E-state index in [-0.39, 0.29) is 30.6 Å². The van der Waals surface area contributed by atoms with Crippen LogP contribution in [-0.4, -0.2) is 81.8 Å². The van der Waals surface area contributed by atoms with Gasteiger partial charge in [0, 0.05) is 47.7 Å². The molecule has 2 saturated carbocycles. The quantitative estimate of drug-likeness (QED) is 0.271. The molecular formula is C28H34O12. The van der Waals surface area contributed by atoms with E-state index in [4.69, 9.17) is 23.7 Å². The molecular weight excluding hydrogens is 528 g/mol. The lowest BCUT2D eigenvalue weighted by Gasteiger charge is -2.67. The number of hydrogen-bond donors (Lipinski definition) is 2. The molecule has 0 radical (unpaired) electrons. The molecule has 0 bridgehead atoms. The van der Waals surface area contributed by atoms with Crippen molar-refractivity contribution in [3.05, 3.63) is 11.6 Å². The van der Waals surface area contributed by atoms with Crippen LogP contribution in [-0.2, 0) is 47.7 Å². The molecule has 2 N–H and O–H groups in total. The molecule has 4 aliphatic heterocycles. The predicted molar refractivity (Wildman–Crippen MR) is 130 cm³/mol. The summed E-state index contributed by atoms with van der Waals surface area (Å²) >= 11 is 0. The van der Waals surface area contributed by atoms with Gasteiger partial charge in [0.15, 0.2) is 6.10 Å². The zero-order valence-electron chi connectivity index (χ0n) is 23.2. The van der Waals surface area contributed by atoms with Crippen molar-refractivity contribution in [3.63, 3.8) is 0 Å². The number of ether oxygens (including phenoxy) is 5. The molecule has 218 valence electrons. The summed E-state index contributed by atoms with van der Waals surface area (Å²) in [6, 6.07) is 0. The Hall–Kier alpha value is -2.83. The lowest BCUT2D eigenvalue weighted by atomic mass is 9.36. The number of fused-ring (bicyclic) bond motifs is 3. The highest BCUT2D eigenvalue weighted by atomic mass is 16.7. The molecule has 0 amide bonds. The van der Waals surface area contributed by atoms with Gasteiger partial charge in [0.1, 0.15) is 29.2 Å². The fraction of sp³-hybridized carbons (Fsp3) is 0.750. The first kappa shape index (κ1) is 27.3. The summed E-state index contributed by atoms with van der Waals surface area (Å²) in [7, 11) is 0. The maximum absolute atomic E-state index is 14.4. The van der Waals surface area contributed by atoms with Crippen molar-refractivity contribution in [2.75, 3.05) is 0 Å². The Morgan fingerprint density at radius 3 is 2.27 bits per heavy atom. The van der Waals surface area contributed by atoms with E-state index in [1.165, 1.54) is 6.92 Å². The minimum Gasteiger partial charge on any atom is -0.461 e. The zero-order chi connectivity index (χ0) is 29.4. The third-order valence-corrected chi connectivity index (χ3v) is 11.0. The van der Waals surface area contributed by atoms with Gasteiger partial charge in [-0.15, -0.1) is 0 Å². The van der Waals surface area contributed by atoms with Crippen molar-refractivity contribution < 1.29 is 57.9 Å². The van der Waals surface area contributed by atoms with E-state index >= 15 is 0 Å². The molecule has 1 unspecified atom stereocenters. The summed E-state index contributed by atoms with van der Waals surface area (Å²) in [4.78, 5) is 64.9. The van der Waals surface area contributed by atoms with Crippen molar-refractivity contribution >= 4 is 29.7 Å². The van der Waals surface area contributed by atoms with E-state index in [1.54, 1.807) is 34.6 Å². The number of hydrogen-bond acceptors (Lipinski definition) is 12. The second-order valence-electron chi connectivity index (χ2n) is 13.3. The normalized spacial score (nSPS) is 50.5. The van der Waals surface area contributed by atoms with Gasteiger partial charge >= 0.3 is 23.9 Å². The molecule has 11 atom stereocenters. The Balaban J connectivity index is 1.56. The minimum atomic E-state index is -1.67. The summed E-state index contributed by atoms with van der Waals surface area (Å²) in [6.45, 7) is 9.80. The Labute approximate surface area is 230 Å². The summed E-state index contributed by atoms with van der Waals surface area (Å²) < 4.78 is 28.3. The number of epoxide rings is 1. The van der Waals surface area contributed by atoms with Crippen LogP contribution in [0.15, 0.2) is 11.6 Å². The van der Waals surface area contributed by atoms with Gasteiger partial charge in [0.25, 0.3) is 0 Å². The van der Waals surface area contributed by atoms with Crippen LogP contribution in [0, 0.1) is 28.1 Å². The number of carbonyl (C=O) groups is 5. The lowest BCUT2D eigenvalue weighted by molar-refractivity contribution is -0.257. The largest absolute Gasteiger partial charge is 0.461 e. The molecule has 0 aromatic heterocycles. The van der Waals surface area contributed by atoms with Gasteiger partial charge in [0.2, 0.25) is 6.29 Å². The van der Waals surface area contributed by atoms with E-state index in [0.29, 0.717) is 0 Å². The van der Waals surface area contributed by atoms with Crippen LogP contribution in [0.1, 0.15) is 60.8 Å². The number of esters is 4. The second kappa shape index (κ2) is 7.92. The van der Waals surface area contributed by atoms with Gasteiger partial charge in [0.05, 0.1) is 17.9 Å². The van der Waals surface area contributed by atoms with E-state index in [9.17, 15) is 34.2 Å². The standard InChI is InChI=1S/C28H34O12/c1-11(29)36-16-9-18(33)39-24(2,3)14-8-15(31)27(6)19(26(14,16)5)13(30)10-25(4)20(12-7-17(32)37-22(12)34)38-23(35)21-28(25,27)40-21/h7,13-14,16,19-22,30,34H,8-10H2,1-6H3/t13-,14-,16-,19+,20-,21+,22?,25-,26+,27+,28+/m0/s1. The van der Waals surface area contributed by atoms with E-state index in [0.717, 1.165) is 6.08 Å². The molecule has 40 heavy (non-hydrogen) atoms. The van der Waals surface area contributed by atoms with Crippen LogP contribution in [0.25, 0.3) is 0 Å². The molecule has 0 aromatic carbocycles. The number of aliphatic hydroxyl groups excluding tert-OH is 2. The van der Waals surface area contributed by atoms with Gasteiger partial charge in [-0.1, -0.05) is 13.8 Å². The van der Waals surface area contributed by atoms with Gasteiger partial charge in [-0.25, -0.2) is 9.59 Å². The highest BCUT2D eigenvalue weighted by molar-refractivity contribution is 5.94. The van der Waals surface area contributed by atoms with Gasteiger partial charge in [-0.2, -0.15) is 0 Å². The molecule has 4 heterocycles. The molecule has 5 fully saturated rings. The van der Waals surface area contributed by atoms with Crippen molar-refractivity contribution in [2.24, 2.45) is 28.1 Å². The molecule has 6 rings (SSSR count). The Morgan fingerprint density at radius 2 is 1.68 bits per heavy atom. The van der Waals surface area contributed by atoms with Crippen molar-refractivity contribution in [3.8, 4) is 0 Å². The predicted octanol–water partition coefficient (Wildman–Crippen LogP) is 0.497. The molecule has 6 aliphatic rings. The van der Waals surface area contributed by atoms with Crippen LogP contribution in [0.3, 0.4) is 0 Å². The molecule has 12 nitrogen and oxygen atoms in total. The smallest absolute Gasteiger partial charge is 0.339 e.